The summed E-state index contributed by atoms with van der Waals surface area (Å²) in [5.41, 5.74) is 1.07. The van der Waals surface area contributed by atoms with Gasteiger partial charge < -0.3 is 19.2 Å². The van der Waals surface area contributed by atoms with Crippen molar-refractivity contribution in [1.82, 2.24) is 5.32 Å². The molecule has 0 atom stereocenters. The first-order valence-electron chi connectivity index (χ1n) is 4.35. The second-order valence-corrected chi connectivity index (χ2v) is 3.68. The summed E-state index contributed by atoms with van der Waals surface area (Å²) in [4.78, 5) is 10.8. The van der Waals surface area contributed by atoms with Gasteiger partial charge in [0, 0.05) is 17.4 Å². The molecular weight excluding hydrogens is 314 g/mol. The summed E-state index contributed by atoms with van der Waals surface area (Å²) in [6, 6.07) is 7.32. The number of nitrogens with one attached hydrogen (secondary N) is 1. The third-order valence-corrected chi connectivity index (χ3v) is 1.40. The van der Waals surface area contributed by atoms with Crippen LogP contribution in [0.2, 0.25) is 0 Å². The third kappa shape index (κ3) is 12.9. The van der Waals surface area contributed by atoms with Gasteiger partial charge in [0.1, 0.15) is 5.75 Å². The SMILES string of the molecule is CNC(=O)Oc1cccc(C)c1.O=S(=O)([O-])[O-].[Cu+2]. The van der Waals surface area contributed by atoms with Gasteiger partial charge in [0.2, 0.25) is 0 Å². The zero-order chi connectivity index (χ0) is 13.5. The number of aryl methyl sites for hydroxylation is 1. The smallest absolute Gasteiger partial charge is 0.759 e. The molecule has 0 aromatic heterocycles. The molecule has 105 valence electrons. The summed E-state index contributed by atoms with van der Waals surface area (Å²) in [5.74, 6) is 0.564. The average molecular weight is 325 g/mol. The van der Waals surface area contributed by atoms with Crippen molar-refractivity contribution >= 4 is 16.5 Å². The number of hydrogen-bond acceptors (Lipinski definition) is 6. The first kappa shape index (κ1) is 19.2. The van der Waals surface area contributed by atoms with Crippen molar-refractivity contribution < 1.29 is 44.1 Å². The molecule has 18 heavy (non-hydrogen) atoms. The van der Waals surface area contributed by atoms with Crippen molar-refractivity contribution in [3.63, 3.8) is 0 Å². The molecule has 0 saturated carbocycles. The molecule has 0 heterocycles. The molecule has 9 heteroatoms. The molecule has 0 fully saturated rings. The summed E-state index contributed by atoms with van der Waals surface area (Å²) in [5, 5.41) is 2.37. The van der Waals surface area contributed by atoms with Gasteiger partial charge >= 0.3 is 23.2 Å². The van der Waals surface area contributed by atoms with Crippen LogP contribution < -0.4 is 10.1 Å². The van der Waals surface area contributed by atoms with Crippen LogP contribution in [0.5, 0.6) is 5.75 Å². The molecule has 0 spiro atoms. The van der Waals surface area contributed by atoms with Crippen LogP contribution in [0.1, 0.15) is 5.56 Å². The maximum Gasteiger partial charge on any atom is 2.00 e. The number of amides is 1. The van der Waals surface area contributed by atoms with E-state index in [9.17, 15) is 4.79 Å². The molecule has 1 N–H and O–H groups in total. The molecule has 0 saturated heterocycles. The second kappa shape index (κ2) is 8.90. The van der Waals surface area contributed by atoms with Crippen LogP contribution >= 0.6 is 0 Å². The van der Waals surface area contributed by atoms with E-state index in [0.717, 1.165) is 5.56 Å². The summed E-state index contributed by atoms with van der Waals surface area (Å²) in [7, 11) is -3.64. The van der Waals surface area contributed by atoms with E-state index in [1.165, 1.54) is 7.05 Å². The molecule has 0 aliphatic rings. The van der Waals surface area contributed by atoms with Gasteiger partial charge in [0.25, 0.3) is 0 Å². The van der Waals surface area contributed by atoms with E-state index >= 15 is 0 Å². The fraction of sp³-hybridized carbons (Fsp3) is 0.222. The van der Waals surface area contributed by atoms with E-state index < -0.39 is 16.5 Å². The van der Waals surface area contributed by atoms with Crippen molar-refractivity contribution in [3.8, 4) is 5.75 Å². The Balaban J connectivity index is 0. The molecule has 0 unspecified atom stereocenters. The summed E-state index contributed by atoms with van der Waals surface area (Å²) >= 11 is 0. The minimum atomic E-state index is -5.17. The molecule has 0 aliphatic carbocycles. The monoisotopic (exact) mass is 324 g/mol. The van der Waals surface area contributed by atoms with Crippen molar-refractivity contribution in [2.24, 2.45) is 0 Å². The largest absolute Gasteiger partial charge is 2.00 e. The van der Waals surface area contributed by atoms with Gasteiger partial charge in [-0.3, -0.25) is 8.42 Å². The predicted octanol–water partition coefficient (Wildman–Crippen LogP) is 0.373. The van der Waals surface area contributed by atoms with Crippen LogP contribution in [0.4, 0.5) is 4.79 Å². The predicted molar refractivity (Wildman–Crippen MR) is 56.7 cm³/mol. The number of carbonyl (C=O) groups excluding carboxylic acids is 1. The third-order valence-electron chi connectivity index (χ3n) is 1.40. The van der Waals surface area contributed by atoms with E-state index in [1.807, 2.05) is 19.1 Å². The fourth-order valence-corrected chi connectivity index (χ4v) is 0.837. The van der Waals surface area contributed by atoms with Gasteiger partial charge in [0.15, 0.2) is 0 Å². The Hall–Kier alpha value is -1.12. The summed E-state index contributed by atoms with van der Waals surface area (Å²) < 4.78 is 39.0. The molecule has 7 nitrogen and oxygen atoms in total. The van der Waals surface area contributed by atoms with E-state index in [0.29, 0.717) is 5.75 Å². The van der Waals surface area contributed by atoms with Crippen LogP contribution in [0.3, 0.4) is 0 Å². The summed E-state index contributed by atoms with van der Waals surface area (Å²) in [6.07, 6.45) is -0.444. The van der Waals surface area contributed by atoms with E-state index in [4.69, 9.17) is 22.3 Å². The molecule has 1 rings (SSSR count). The fourth-order valence-electron chi connectivity index (χ4n) is 0.837. The van der Waals surface area contributed by atoms with Crippen LogP contribution in [0.15, 0.2) is 24.3 Å². The standard InChI is InChI=1S/C9H11NO2.Cu.H2O4S/c1-7-4-3-5-8(6-7)12-9(11)10-2;;1-5(2,3)4/h3-6H,1-2H3,(H,10,11);;(H2,1,2,3,4)/q;+2;/p-2. The first-order valence-corrected chi connectivity index (χ1v) is 5.68. The van der Waals surface area contributed by atoms with E-state index in [2.05, 4.69) is 5.32 Å². The quantitative estimate of drug-likeness (QED) is 0.453. The Bertz CT molecular complexity index is 468. The Labute approximate surface area is 116 Å². The summed E-state index contributed by atoms with van der Waals surface area (Å²) in [6.45, 7) is 1.94. The average Bonchev–Trinajstić information content (AvgIpc) is 2.15. The minimum absolute atomic E-state index is 0. The van der Waals surface area contributed by atoms with Crippen LogP contribution in [0.25, 0.3) is 0 Å². The Kier molecular flexibility index (Phi) is 9.50. The Morgan fingerprint density at radius 2 is 1.83 bits per heavy atom. The van der Waals surface area contributed by atoms with E-state index in [-0.39, 0.29) is 17.1 Å². The molecule has 1 amide bonds. The van der Waals surface area contributed by atoms with Gasteiger partial charge in [-0.2, -0.15) is 0 Å². The van der Waals surface area contributed by atoms with Crippen LogP contribution in [-0.2, 0) is 27.5 Å². The van der Waals surface area contributed by atoms with E-state index in [1.54, 1.807) is 12.1 Å². The number of rotatable bonds is 1. The maximum absolute atomic E-state index is 10.8. The minimum Gasteiger partial charge on any atom is -0.759 e. The normalized spacial score (nSPS) is 9.33. The molecule has 1 aromatic rings. The number of carbonyl (C=O) groups is 1. The number of ether oxygens (including phenoxy) is 1. The molecule has 0 bridgehead atoms. The second-order valence-electron chi connectivity index (χ2n) is 2.86. The Morgan fingerprint density at radius 3 is 2.22 bits per heavy atom. The van der Waals surface area contributed by atoms with Gasteiger partial charge in [-0.1, -0.05) is 12.1 Å². The van der Waals surface area contributed by atoms with Crippen LogP contribution in [0, 0.1) is 6.92 Å². The first-order chi connectivity index (χ1) is 7.72. The van der Waals surface area contributed by atoms with Gasteiger partial charge in [-0.15, -0.1) is 0 Å². The number of benzene rings is 1. The molecular formula is C9H11CuNO6S. The molecule has 0 aliphatic heterocycles. The van der Waals surface area contributed by atoms with Gasteiger partial charge in [-0.25, -0.2) is 4.79 Å². The van der Waals surface area contributed by atoms with Gasteiger partial charge in [0.05, 0.1) is 0 Å². The number of hydrogen-bond donors (Lipinski definition) is 1. The zero-order valence-corrected chi connectivity index (χ0v) is 11.2. The Morgan fingerprint density at radius 1 is 1.33 bits per heavy atom. The zero-order valence-electron chi connectivity index (χ0n) is 9.47. The van der Waals surface area contributed by atoms with Crippen molar-refractivity contribution in [2.45, 2.75) is 6.92 Å². The molecule has 1 radical (unpaired) electrons. The van der Waals surface area contributed by atoms with Gasteiger partial charge in [-0.05, 0) is 24.6 Å². The molecule has 1 aromatic carbocycles. The topological polar surface area (TPSA) is 119 Å². The van der Waals surface area contributed by atoms with Crippen LogP contribution in [-0.4, -0.2) is 30.7 Å². The van der Waals surface area contributed by atoms with Crippen molar-refractivity contribution in [3.05, 3.63) is 29.8 Å². The maximum atomic E-state index is 10.8. The van der Waals surface area contributed by atoms with Crippen molar-refractivity contribution in [1.29, 1.82) is 0 Å². The van der Waals surface area contributed by atoms with Crippen molar-refractivity contribution in [2.75, 3.05) is 7.05 Å².